The Morgan fingerprint density at radius 1 is 1.42 bits per heavy atom. The molecule has 1 N–H and O–H groups in total. The van der Waals surface area contributed by atoms with Crippen LogP contribution in [0.3, 0.4) is 0 Å². The maximum absolute atomic E-state index is 10.0. The number of aliphatic hydroxyl groups is 1. The molecule has 2 heterocycles. The predicted octanol–water partition coefficient (Wildman–Crippen LogP) is 0.296. The molecule has 2 aliphatic heterocycles. The molecule has 66 valence electrons. The third kappa shape index (κ3) is 0.715. The van der Waals surface area contributed by atoms with Crippen LogP contribution in [0.1, 0.15) is 6.42 Å². The lowest BCUT2D eigenvalue weighted by molar-refractivity contribution is -0.163. The quantitative estimate of drug-likeness (QED) is 0.528. The van der Waals surface area contributed by atoms with Crippen LogP contribution in [-0.2, 0) is 9.47 Å². The Morgan fingerprint density at radius 3 is 3.25 bits per heavy atom. The summed E-state index contributed by atoms with van der Waals surface area (Å²) in [7, 11) is 0. The molecular formula is C9H12O3. The monoisotopic (exact) mass is 168 g/mol. The largest absolute Gasteiger partial charge is 0.383 e. The van der Waals surface area contributed by atoms with E-state index < -0.39 is 5.60 Å². The lowest BCUT2D eigenvalue weighted by atomic mass is 9.83. The van der Waals surface area contributed by atoms with Crippen LogP contribution in [-0.4, -0.2) is 30.2 Å². The van der Waals surface area contributed by atoms with Crippen molar-refractivity contribution >= 4 is 0 Å². The normalized spacial score (nSPS) is 55.9. The van der Waals surface area contributed by atoms with Gasteiger partial charge in [-0.05, 0) is 12.3 Å². The number of hydrogen-bond acceptors (Lipinski definition) is 3. The van der Waals surface area contributed by atoms with Crippen molar-refractivity contribution in [2.75, 3.05) is 13.2 Å². The molecule has 0 radical (unpaired) electrons. The molecule has 1 aliphatic carbocycles. The van der Waals surface area contributed by atoms with Gasteiger partial charge in [-0.1, -0.05) is 12.2 Å². The van der Waals surface area contributed by atoms with Gasteiger partial charge in [0, 0.05) is 0 Å². The molecule has 0 aromatic rings. The first-order valence-electron chi connectivity index (χ1n) is 4.44. The van der Waals surface area contributed by atoms with Crippen molar-refractivity contribution in [1.82, 2.24) is 0 Å². The van der Waals surface area contributed by atoms with Crippen LogP contribution in [0.15, 0.2) is 12.2 Å². The molecule has 4 atom stereocenters. The molecule has 0 spiro atoms. The first-order valence-corrected chi connectivity index (χ1v) is 4.44. The van der Waals surface area contributed by atoms with Gasteiger partial charge < -0.3 is 14.6 Å². The van der Waals surface area contributed by atoms with Gasteiger partial charge in [0.25, 0.3) is 0 Å². The van der Waals surface area contributed by atoms with Gasteiger partial charge in [-0.3, -0.25) is 0 Å². The number of allylic oxidation sites excluding steroid dienone is 1. The zero-order valence-electron chi connectivity index (χ0n) is 6.77. The van der Waals surface area contributed by atoms with E-state index in [1.54, 1.807) is 0 Å². The lowest BCUT2D eigenvalue weighted by Crippen LogP contribution is -2.41. The fourth-order valence-corrected chi connectivity index (χ4v) is 2.54. The van der Waals surface area contributed by atoms with Crippen LogP contribution in [0.25, 0.3) is 0 Å². The lowest BCUT2D eigenvalue weighted by Gasteiger charge is -2.31. The van der Waals surface area contributed by atoms with Crippen LogP contribution in [0.5, 0.6) is 0 Å². The molecule has 3 nitrogen and oxygen atoms in total. The number of ether oxygens (including phenoxy) is 2. The van der Waals surface area contributed by atoms with Crippen molar-refractivity contribution in [3.05, 3.63) is 12.2 Å². The highest BCUT2D eigenvalue weighted by atomic mass is 16.7. The highest BCUT2D eigenvalue weighted by molar-refractivity contribution is 5.20. The summed E-state index contributed by atoms with van der Waals surface area (Å²) < 4.78 is 10.8. The molecule has 0 aromatic carbocycles. The average molecular weight is 168 g/mol. The van der Waals surface area contributed by atoms with E-state index >= 15 is 0 Å². The molecule has 0 amide bonds. The minimum Gasteiger partial charge on any atom is -0.383 e. The van der Waals surface area contributed by atoms with Crippen LogP contribution in [0.2, 0.25) is 0 Å². The maximum atomic E-state index is 10.0. The van der Waals surface area contributed by atoms with E-state index in [0.29, 0.717) is 12.5 Å². The van der Waals surface area contributed by atoms with Crippen molar-refractivity contribution in [1.29, 1.82) is 0 Å². The van der Waals surface area contributed by atoms with Gasteiger partial charge in [0.1, 0.15) is 5.60 Å². The van der Waals surface area contributed by atoms with Crippen LogP contribution >= 0.6 is 0 Å². The third-order valence-electron chi connectivity index (χ3n) is 3.18. The summed E-state index contributed by atoms with van der Waals surface area (Å²) in [5, 5.41) is 10.0. The minimum atomic E-state index is -0.726. The van der Waals surface area contributed by atoms with Crippen molar-refractivity contribution in [2.24, 2.45) is 11.8 Å². The highest BCUT2D eigenvalue weighted by Gasteiger charge is 2.55. The maximum Gasteiger partial charge on any atom is 0.164 e. The summed E-state index contributed by atoms with van der Waals surface area (Å²) in [5.74, 6) is 0.627. The van der Waals surface area contributed by atoms with Crippen LogP contribution in [0, 0.1) is 11.8 Å². The van der Waals surface area contributed by atoms with E-state index in [1.807, 2.05) is 6.08 Å². The Kier molecular flexibility index (Phi) is 1.24. The highest BCUT2D eigenvalue weighted by Crippen LogP contribution is 2.46. The van der Waals surface area contributed by atoms with Gasteiger partial charge >= 0.3 is 0 Å². The Bertz CT molecular complexity index is 238. The van der Waals surface area contributed by atoms with E-state index in [2.05, 4.69) is 6.08 Å². The second-order valence-corrected chi connectivity index (χ2v) is 3.88. The Morgan fingerprint density at radius 2 is 2.33 bits per heavy atom. The number of rotatable bonds is 0. The Labute approximate surface area is 71.0 Å². The second-order valence-electron chi connectivity index (χ2n) is 3.88. The fourth-order valence-electron chi connectivity index (χ4n) is 2.54. The molecule has 0 aromatic heterocycles. The second kappa shape index (κ2) is 2.10. The Balaban J connectivity index is 1.99. The Hall–Kier alpha value is -0.380. The summed E-state index contributed by atoms with van der Waals surface area (Å²) in [6.07, 6.45) is 4.85. The van der Waals surface area contributed by atoms with Gasteiger partial charge in [0.15, 0.2) is 6.29 Å². The number of hydrogen-bond donors (Lipinski definition) is 1. The molecular weight excluding hydrogens is 156 g/mol. The van der Waals surface area contributed by atoms with Gasteiger partial charge in [-0.2, -0.15) is 0 Å². The van der Waals surface area contributed by atoms with E-state index in [9.17, 15) is 5.11 Å². The predicted molar refractivity (Wildman–Crippen MR) is 41.4 cm³/mol. The van der Waals surface area contributed by atoms with Crippen molar-refractivity contribution < 1.29 is 14.6 Å². The molecule has 3 heteroatoms. The third-order valence-corrected chi connectivity index (χ3v) is 3.18. The van der Waals surface area contributed by atoms with Gasteiger partial charge in [-0.25, -0.2) is 0 Å². The molecule has 0 unspecified atom stereocenters. The van der Waals surface area contributed by atoms with E-state index in [-0.39, 0.29) is 12.2 Å². The zero-order chi connectivity index (χ0) is 8.18. The van der Waals surface area contributed by atoms with Crippen LogP contribution < -0.4 is 0 Å². The molecule has 2 saturated heterocycles. The molecule has 0 saturated carbocycles. The summed E-state index contributed by atoms with van der Waals surface area (Å²) >= 11 is 0. The first kappa shape index (κ1) is 7.06. The fraction of sp³-hybridized carbons (Fsp3) is 0.778. The summed E-state index contributed by atoms with van der Waals surface area (Å²) in [4.78, 5) is 0. The van der Waals surface area contributed by atoms with Gasteiger partial charge in [0.2, 0.25) is 0 Å². The average Bonchev–Trinajstić information content (AvgIpc) is 2.58. The van der Waals surface area contributed by atoms with E-state index in [1.165, 1.54) is 0 Å². The topological polar surface area (TPSA) is 38.7 Å². The van der Waals surface area contributed by atoms with E-state index in [0.717, 1.165) is 13.0 Å². The summed E-state index contributed by atoms with van der Waals surface area (Å²) in [6.45, 7) is 1.15. The summed E-state index contributed by atoms with van der Waals surface area (Å²) in [6, 6.07) is 0. The standard InChI is InChI=1S/C9H12O3/c10-9-3-1-6-2-4-11-8(7(6)9)12-5-9/h1,3,6-8,10H,2,4-5H2/t6-,7-,8+,9-/m0/s1. The van der Waals surface area contributed by atoms with Gasteiger partial charge in [-0.15, -0.1) is 0 Å². The van der Waals surface area contributed by atoms with Crippen molar-refractivity contribution in [3.63, 3.8) is 0 Å². The SMILES string of the molecule is O[C@@]12C=C[C@H]3CCO[C@H](OC1)[C@H]32. The smallest absolute Gasteiger partial charge is 0.164 e. The van der Waals surface area contributed by atoms with Crippen molar-refractivity contribution in [3.8, 4) is 0 Å². The molecule has 12 heavy (non-hydrogen) atoms. The van der Waals surface area contributed by atoms with Crippen LogP contribution in [0.4, 0.5) is 0 Å². The minimum absolute atomic E-state index is 0.159. The first-order chi connectivity index (χ1) is 5.80. The molecule has 3 aliphatic rings. The zero-order valence-corrected chi connectivity index (χ0v) is 6.77. The molecule has 0 bridgehead atoms. The van der Waals surface area contributed by atoms with Gasteiger partial charge in [0.05, 0.1) is 19.1 Å². The molecule has 2 fully saturated rings. The van der Waals surface area contributed by atoms with E-state index in [4.69, 9.17) is 9.47 Å². The van der Waals surface area contributed by atoms with Crippen molar-refractivity contribution in [2.45, 2.75) is 18.3 Å². The summed E-state index contributed by atoms with van der Waals surface area (Å²) in [5.41, 5.74) is -0.726. The molecule has 3 rings (SSSR count).